The average Bonchev–Trinajstić information content (AvgIpc) is 2.27. The van der Waals surface area contributed by atoms with Crippen molar-refractivity contribution in [2.45, 2.75) is 6.92 Å². The van der Waals surface area contributed by atoms with Crippen molar-refractivity contribution in [1.29, 1.82) is 0 Å². The number of hydrogen-bond donors (Lipinski definition) is 1. The fraction of sp³-hybridized carbons (Fsp3) is 0.273. The lowest BCUT2D eigenvalue weighted by molar-refractivity contribution is 0.0597. The zero-order chi connectivity index (χ0) is 12.1. The normalized spacial score (nSPS) is 9.44. The molecule has 86 valence electrons. The largest absolute Gasteiger partial charge is 0.494 e. The van der Waals surface area contributed by atoms with Gasteiger partial charge >= 0.3 is 5.97 Å². The summed E-state index contributed by atoms with van der Waals surface area (Å²) in [7, 11) is 2.82. The second-order valence-corrected chi connectivity index (χ2v) is 3.67. The summed E-state index contributed by atoms with van der Waals surface area (Å²) in [5.74, 6) is -0.0129. The summed E-state index contributed by atoms with van der Waals surface area (Å²) in [5, 5.41) is 2.94. The molecule has 4 nitrogen and oxygen atoms in total. The van der Waals surface area contributed by atoms with Gasteiger partial charge in [-0.25, -0.2) is 4.79 Å². The molecule has 1 N–H and O–H groups in total. The molecule has 1 rings (SSSR count). The first-order valence-corrected chi connectivity index (χ1v) is 5.04. The third kappa shape index (κ3) is 2.70. The number of nitrogens with one attached hydrogen (secondary N) is 1. The van der Waals surface area contributed by atoms with Crippen molar-refractivity contribution in [3.63, 3.8) is 0 Å². The third-order valence-electron chi connectivity index (χ3n) is 1.94. The lowest BCUT2D eigenvalue weighted by atomic mass is 10.1. The number of esters is 1. The Kier molecular flexibility index (Phi) is 4.25. The quantitative estimate of drug-likeness (QED) is 0.647. The second kappa shape index (κ2) is 5.46. The van der Waals surface area contributed by atoms with Gasteiger partial charge in [0.05, 0.1) is 24.9 Å². The van der Waals surface area contributed by atoms with E-state index in [1.807, 2.05) is 0 Å². The van der Waals surface area contributed by atoms with Gasteiger partial charge in [-0.2, -0.15) is 0 Å². The number of para-hydroxylation sites is 1. The monoisotopic (exact) mass is 239 g/mol. The van der Waals surface area contributed by atoms with Crippen LogP contribution in [0.25, 0.3) is 0 Å². The molecular weight excluding hydrogens is 226 g/mol. The van der Waals surface area contributed by atoms with E-state index in [1.165, 1.54) is 14.2 Å². The van der Waals surface area contributed by atoms with Crippen molar-refractivity contribution >= 4 is 28.9 Å². The molecule has 0 heterocycles. The van der Waals surface area contributed by atoms with Crippen molar-refractivity contribution in [2.75, 3.05) is 19.5 Å². The Morgan fingerprint density at radius 1 is 1.38 bits per heavy atom. The third-order valence-corrected chi connectivity index (χ3v) is 2.04. The van der Waals surface area contributed by atoms with Gasteiger partial charge in [0.25, 0.3) is 0 Å². The van der Waals surface area contributed by atoms with E-state index in [0.717, 1.165) is 0 Å². The maximum atomic E-state index is 11.5. The van der Waals surface area contributed by atoms with Crippen LogP contribution in [0.2, 0.25) is 0 Å². The Bertz CT molecular complexity index is 418. The molecule has 0 amide bonds. The fourth-order valence-corrected chi connectivity index (χ4v) is 1.43. The molecule has 0 aliphatic rings. The van der Waals surface area contributed by atoms with Crippen molar-refractivity contribution in [3.8, 4) is 5.75 Å². The lowest BCUT2D eigenvalue weighted by Crippen LogP contribution is -2.09. The predicted molar refractivity (Wildman–Crippen MR) is 66.2 cm³/mol. The van der Waals surface area contributed by atoms with E-state index in [1.54, 1.807) is 25.1 Å². The van der Waals surface area contributed by atoms with Gasteiger partial charge in [-0.3, -0.25) is 0 Å². The topological polar surface area (TPSA) is 47.6 Å². The van der Waals surface area contributed by atoms with Crippen LogP contribution in [0.3, 0.4) is 0 Å². The Hall–Kier alpha value is -1.62. The molecule has 0 aliphatic carbocycles. The van der Waals surface area contributed by atoms with Gasteiger partial charge in [-0.1, -0.05) is 18.3 Å². The lowest BCUT2D eigenvalue weighted by Gasteiger charge is -2.12. The van der Waals surface area contributed by atoms with Crippen LogP contribution in [0.1, 0.15) is 17.3 Å². The van der Waals surface area contributed by atoms with Crippen LogP contribution in [0.4, 0.5) is 5.69 Å². The average molecular weight is 239 g/mol. The standard InChI is InChI=1S/C11H13NO3S/c1-7(16)12-9-6-4-5-8(10(9)14-2)11(13)15-3/h4-6H,1-3H3,(H,12,16). The van der Waals surface area contributed by atoms with Crippen molar-refractivity contribution in [1.82, 2.24) is 0 Å². The van der Waals surface area contributed by atoms with Gasteiger partial charge in [-0.15, -0.1) is 0 Å². The first-order chi connectivity index (χ1) is 7.60. The summed E-state index contributed by atoms with van der Waals surface area (Å²) in [5.41, 5.74) is 1.02. The van der Waals surface area contributed by atoms with E-state index in [9.17, 15) is 4.79 Å². The van der Waals surface area contributed by atoms with Gasteiger partial charge in [0.2, 0.25) is 0 Å². The van der Waals surface area contributed by atoms with Crippen LogP contribution in [0.5, 0.6) is 5.75 Å². The molecule has 1 aromatic carbocycles. The zero-order valence-corrected chi connectivity index (χ0v) is 10.2. The minimum atomic E-state index is -0.442. The highest BCUT2D eigenvalue weighted by Gasteiger charge is 2.15. The number of ether oxygens (including phenoxy) is 2. The zero-order valence-electron chi connectivity index (χ0n) is 9.37. The number of methoxy groups -OCH3 is 2. The number of carbonyl (C=O) groups excluding carboxylic acids is 1. The molecule has 0 aliphatic heterocycles. The molecule has 5 heteroatoms. The van der Waals surface area contributed by atoms with Crippen LogP contribution in [0, 0.1) is 0 Å². The SMILES string of the molecule is COC(=O)c1cccc(NC(C)=S)c1OC. The van der Waals surface area contributed by atoms with Crippen LogP contribution in [0.15, 0.2) is 18.2 Å². The van der Waals surface area contributed by atoms with Crippen molar-refractivity contribution in [2.24, 2.45) is 0 Å². The van der Waals surface area contributed by atoms with Gasteiger partial charge < -0.3 is 14.8 Å². The van der Waals surface area contributed by atoms with Gasteiger partial charge in [-0.05, 0) is 19.1 Å². The van der Waals surface area contributed by atoms with E-state index < -0.39 is 5.97 Å². The smallest absolute Gasteiger partial charge is 0.341 e. The summed E-state index contributed by atoms with van der Waals surface area (Å²) >= 11 is 4.94. The Labute approximate surface area is 99.6 Å². The van der Waals surface area contributed by atoms with Gasteiger partial charge in [0.15, 0.2) is 5.75 Å². The van der Waals surface area contributed by atoms with E-state index >= 15 is 0 Å². The van der Waals surface area contributed by atoms with Crippen LogP contribution < -0.4 is 10.1 Å². The van der Waals surface area contributed by atoms with Crippen molar-refractivity contribution in [3.05, 3.63) is 23.8 Å². The highest BCUT2D eigenvalue weighted by molar-refractivity contribution is 7.80. The molecule has 0 saturated carbocycles. The summed E-state index contributed by atoms with van der Waals surface area (Å²) in [6, 6.07) is 5.14. The molecule has 0 bridgehead atoms. The van der Waals surface area contributed by atoms with E-state index in [-0.39, 0.29) is 0 Å². The molecule has 0 unspecified atom stereocenters. The maximum Gasteiger partial charge on any atom is 0.341 e. The fourth-order valence-electron chi connectivity index (χ4n) is 1.32. The number of anilines is 1. The van der Waals surface area contributed by atoms with E-state index in [0.29, 0.717) is 22.0 Å². The molecule has 0 aromatic heterocycles. The van der Waals surface area contributed by atoms with Crippen LogP contribution >= 0.6 is 12.2 Å². The van der Waals surface area contributed by atoms with Crippen LogP contribution in [-0.2, 0) is 4.74 Å². The number of hydrogen-bond acceptors (Lipinski definition) is 4. The summed E-state index contributed by atoms with van der Waals surface area (Å²) < 4.78 is 9.84. The Morgan fingerprint density at radius 2 is 2.06 bits per heavy atom. The number of thiocarbonyl (C=S) groups is 1. The summed E-state index contributed by atoms with van der Waals surface area (Å²) in [4.78, 5) is 12.1. The highest BCUT2D eigenvalue weighted by atomic mass is 32.1. The molecule has 1 aromatic rings. The molecular formula is C11H13NO3S. The first-order valence-electron chi connectivity index (χ1n) is 4.63. The first kappa shape index (κ1) is 12.4. The van der Waals surface area contributed by atoms with E-state index in [4.69, 9.17) is 17.0 Å². The predicted octanol–water partition coefficient (Wildman–Crippen LogP) is 2.24. The van der Waals surface area contributed by atoms with Crippen LogP contribution in [-0.4, -0.2) is 25.2 Å². The molecule has 16 heavy (non-hydrogen) atoms. The number of rotatable bonds is 3. The van der Waals surface area contributed by atoms with Crippen molar-refractivity contribution < 1.29 is 14.3 Å². The number of benzene rings is 1. The Morgan fingerprint density at radius 3 is 2.56 bits per heavy atom. The molecule has 0 saturated heterocycles. The minimum absolute atomic E-state index is 0.367. The minimum Gasteiger partial charge on any atom is -0.494 e. The molecule has 0 spiro atoms. The molecule has 0 atom stereocenters. The highest BCUT2D eigenvalue weighted by Crippen LogP contribution is 2.29. The maximum absolute atomic E-state index is 11.5. The van der Waals surface area contributed by atoms with E-state index in [2.05, 4.69) is 10.1 Å². The second-order valence-electron chi connectivity index (χ2n) is 3.06. The summed E-state index contributed by atoms with van der Waals surface area (Å²) in [6.07, 6.45) is 0. The molecule has 0 radical (unpaired) electrons. The Balaban J connectivity index is 3.20. The molecule has 0 fully saturated rings. The number of carbonyl (C=O) groups is 1. The summed E-state index contributed by atoms with van der Waals surface area (Å²) in [6.45, 7) is 1.75. The van der Waals surface area contributed by atoms with Gasteiger partial charge in [0.1, 0.15) is 5.56 Å². The van der Waals surface area contributed by atoms with Gasteiger partial charge in [0, 0.05) is 0 Å².